The molecule has 6 heteroatoms. The minimum atomic E-state index is -0.890. The first kappa shape index (κ1) is 10.8. The fourth-order valence-corrected chi connectivity index (χ4v) is 3.06. The maximum absolute atomic E-state index is 10.8. The van der Waals surface area contributed by atoms with Crippen LogP contribution in [-0.4, -0.2) is 46.0 Å². The van der Waals surface area contributed by atoms with E-state index in [4.69, 9.17) is 10.8 Å². The fraction of sp³-hybridized carbons (Fsp3) is 0.778. The van der Waals surface area contributed by atoms with Gasteiger partial charge in [-0.2, -0.15) is 16.9 Å². The van der Waals surface area contributed by atoms with Crippen LogP contribution in [0.2, 0.25) is 0 Å². The summed E-state index contributed by atoms with van der Waals surface area (Å²) in [5.41, 5.74) is 5.87. The molecule has 15 heavy (non-hydrogen) atoms. The molecule has 2 aliphatic heterocycles. The largest absolute Gasteiger partial charge is 0.481 e. The number of hydrazone groups is 1. The average molecular weight is 229 g/mol. The summed E-state index contributed by atoms with van der Waals surface area (Å²) in [6.07, 6.45) is 3.05. The Morgan fingerprint density at radius 1 is 1.53 bits per heavy atom. The van der Waals surface area contributed by atoms with E-state index in [2.05, 4.69) is 5.10 Å². The van der Waals surface area contributed by atoms with Crippen molar-refractivity contribution >= 4 is 23.9 Å². The topological polar surface area (TPSA) is 78.9 Å². The van der Waals surface area contributed by atoms with Crippen molar-refractivity contribution in [1.29, 1.82) is 0 Å². The normalized spacial score (nSPS) is 32.2. The highest BCUT2D eigenvalue weighted by atomic mass is 32.2. The second-order valence-corrected chi connectivity index (χ2v) is 5.07. The lowest BCUT2D eigenvalue weighted by Gasteiger charge is -2.33. The number of hydrogen-bond acceptors (Lipinski definition) is 5. The fourth-order valence-electron chi connectivity index (χ4n) is 1.98. The van der Waals surface area contributed by atoms with Crippen LogP contribution in [0.5, 0.6) is 0 Å². The molecule has 0 saturated carbocycles. The molecule has 0 aliphatic carbocycles. The highest BCUT2D eigenvalue weighted by molar-refractivity contribution is 7.99. The SMILES string of the molecule is NC1C(C(=O)O)C=NN1C1CCSCC1. The lowest BCUT2D eigenvalue weighted by Crippen LogP contribution is -2.48. The smallest absolute Gasteiger partial charge is 0.315 e. The van der Waals surface area contributed by atoms with Crippen molar-refractivity contribution in [2.24, 2.45) is 16.8 Å². The van der Waals surface area contributed by atoms with Crippen LogP contribution in [-0.2, 0) is 4.79 Å². The minimum Gasteiger partial charge on any atom is -0.481 e. The Labute approximate surface area is 92.7 Å². The Morgan fingerprint density at radius 2 is 2.20 bits per heavy atom. The van der Waals surface area contributed by atoms with Crippen LogP contribution >= 0.6 is 11.8 Å². The van der Waals surface area contributed by atoms with Gasteiger partial charge in [-0.1, -0.05) is 0 Å². The lowest BCUT2D eigenvalue weighted by molar-refractivity contribution is -0.140. The zero-order chi connectivity index (χ0) is 10.8. The Hall–Kier alpha value is -0.750. The summed E-state index contributed by atoms with van der Waals surface area (Å²) >= 11 is 1.93. The van der Waals surface area contributed by atoms with Crippen LogP contribution in [0.25, 0.3) is 0 Å². The number of aliphatic carboxylic acids is 1. The van der Waals surface area contributed by atoms with Gasteiger partial charge < -0.3 is 10.8 Å². The summed E-state index contributed by atoms with van der Waals surface area (Å²) in [5, 5.41) is 14.8. The Balaban J connectivity index is 2.00. The number of hydrogen-bond donors (Lipinski definition) is 2. The molecule has 0 aromatic rings. The summed E-state index contributed by atoms with van der Waals surface area (Å²) in [6.45, 7) is 0. The third-order valence-corrected chi connectivity index (χ3v) is 3.93. The van der Waals surface area contributed by atoms with Crippen LogP contribution in [0.3, 0.4) is 0 Å². The van der Waals surface area contributed by atoms with E-state index in [1.165, 1.54) is 6.21 Å². The van der Waals surface area contributed by atoms with Gasteiger partial charge in [-0.25, -0.2) is 0 Å². The maximum atomic E-state index is 10.8. The maximum Gasteiger partial charge on any atom is 0.315 e. The Kier molecular flexibility index (Phi) is 3.16. The van der Waals surface area contributed by atoms with Crippen molar-refractivity contribution in [3.05, 3.63) is 0 Å². The number of carboxylic acids is 1. The van der Waals surface area contributed by atoms with Crippen LogP contribution in [0.4, 0.5) is 0 Å². The molecule has 0 radical (unpaired) electrons. The Bertz CT molecular complexity index is 279. The first-order chi connectivity index (χ1) is 7.20. The molecule has 0 bridgehead atoms. The Morgan fingerprint density at radius 3 is 2.73 bits per heavy atom. The van der Waals surface area contributed by atoms with Crippen LogP contribution in [0.1, 0.15) is 12.8 Å². The van der Waals surface area contributed by atoms with E-state index < -0.39 is 18.1 Å². The molecule has 2 atom stereocenters. The molecular weight excluding hydrogens is 214 g/mol. The zero-order valence-corrected chi connectivity index (χ0v) is 9.19. The lowest BCUT2D eigenvalue weighted by atomic mass is 10.1. The number of carbonyl (C=O) groups is 1. The van der Waals surface area contributed by atoms with E-state index in [0.717, 1.165) is 24.3 Å². The van der Waals surface area contributed by atoms with Gasteiger partial charge >= 0.3 is 5.97 Å². The second-order valence-electron chi connectivity index (χ2n) is 3.84. The molecule has 0 aromatic carbocycles. The van der Waals surface area contributed by atoms with E-state index in [-0.39, 0.29) is 0 Å². The molecule has 2 heterocycles. The standard InChI is InChI=1S/C9H15N3O2S/c10-8-7(9(13)14)5-11-12(8)6-1-3-15-4-2-6/h5-8H,1-4,10H2,(H,13,14). The third kappa shape index (κ3) is 2.10. The van der Waals surface area contributed by atoms with E-state index in [1.54, 1.807) is 5.01 Å². The van der Waals surface area contributed by atoms with Crippen molar-refractivity contribution < 1.29 is 9.90 Å². The van der Waals surface area contributed by atoms with E-state index in [1.807, 2.05) is 11.8 Å². The summed E-state index contributed by atoms with van der Waals surface area (Å²) in [4.78, 5) is 10.8. The van der Waals surface area contributed by atoms with E-state index in [0.29, 0.717) is 6.04 Å². The van der Waals surface area contributed by atoms with Crippen molar-refractivity contribution in [2.45, 2.75) is 25.0 Å². The first-order valence-electron chi connectivity index (χ1n) is 5.08. The molecule has 0 spiro atoms. The van der Waals surface area contributed by atoms with E-state index >= 15 is 0 Å². The van der Waals surface area contributed by atoms with Gasteiger partial charge in [0.15, 0.2) is 0 Å². The molecule has 2 rings (SSSR count). The van der Waals surface area contributed by atoms with Crippen molar-refractivity contribution in [2.75, 3.05) is 11.5 Å². The summed E-state index contributed by atoms with van der Waals surface area (Å²) in [5.74, 6) is 0.681. The number of carboxylic acid groups (broad SMARTS) is 1. The van der Waals surface area contributed by atoms with Crippen LogP contribution in [0, 0.1) is 5.92 Å². The molecule has 1 saturated heterocycles. The van der Waals surface area contributed by atoms with Gasteiger partial charge in [0.05, 0.1) is 6.04 Å². The predicted octanol–water partition coefficient (Wildman–Crippen LogP) is 0.169. The van der Waals surface area contributed by atoms with Gasteiger partial charge in [0.25, 0.3) is 0 Å². The van der Waals surface area contributed by atoms with Gasteiger partial charge in [-0.15, -0.1) is 0 Å². The van der Waals surface area contributed by atoms with Crippen molar-refractivity contribution in [3.8, 4) is 0 Å². The van der Waals surface area contributed by atoms with Gasteiger partial charge in [-0.05, 0) is 24.3 Å². The molecule has 0 amide bonds. The first-order valence-corrected chi connectivity index (χ1v) is 6.24. The number of nitrogens with two attached hydrogens (primary N) is 1. The van der Waals surface area contributed by atoms with Crippen molar-refractivity contribution in [1.82, 2.24) is 5.01 Å². The molecule has 0 aromatic heterocycles. The third-order valence-electron chi connectivity index (χ3n) is 2.88. The molecular formula is C9H15N3O2S. The molecule has 1 fully saturated rings. The molecule has 2 unspecified atom stereocenters. The van der Waals surface area contributed by atoms with Crippen molar-refractivity contribution in [3.63, 3.8) is 0 Å². The predicted molar refractivity (Wildman–Crippen MR) is 59.8 cm³/mol. The monoisotopic (exact) mass is 229 g/mol. The highest BCUT2D eigenvalue weighted by Crippen LogP contribution is 2.26. The highest BCUT2D eigenvalue weighted by Gasteiger charge is 2.36. The quantitative estimate of drug-likeness (QED) is 0.705. The van der Waals surface area contributed by atoms with Crippen LogP contribution < -0.4 is 5.73 Å². The molecule has 84 valence electrons. The molecule has 2 aliphatic rings. The number of nitrogens with zero attached hydrogens (tertiary/aromatic N) is 2. The summed E-state index contributed by atoms with van der Waals surface area (Å²) < 4.78 is 0. The van der Waals surface area contributed by atoms with Gasteiger partial charge in [0, 0.05) is 6.21 Å². The van der Waals surface area contributed by atoms with Gasteiger partial charge in [-0.3, -0.25) is 9.80 Å². The summed E-state index contributed by atoms with van der Waals surface area (Å²) in [6, 6.07) is 0.321. The zero-order valence-electron chi connectivity index (χ0n) is 8.37. The molecule has 5 nitrogen and oxygen atoms in total. The van der Waals surface area contributed by atoms with E-state index in [9.17, 15) is 4.79 Å². The van der Waals surface area contributed by atoms with Gasteiger partial charge in [0.2, 0.25) is 0 Å². The minimum absolute atomic E-state index is 0.321. The number of thioether (sulfide) groups is 1. The summed E-state index contributed by atoms with van der Waals surface area (Å²) in [7, 11) is 0. The van der Waals surface area contributed by atoms with Gasteiger partial charge in [0.1, 0.15) is 12.1 Å². The van der Waals surface area contributed by atoms with Crippen LogP contribution in [0.15, 0.2) is 5.10 Å². The average Bonchev–Trinajstić information content (AvgIpc) is 2.61. The second kappa shape index (κ2) is 4.40. The molecule has 3 N–H and O–H groups in total. The number of rotatable bonds is 2.